The normalized spacial score (nSPS) is 10.5. The molecule has 0 saturated heterocycles. The van der Waals surface area contributed by atoms with Gasteiger partial charge in [0, 0.05) is 25.3 Å². The van der Waals surface area contributed by atoms with Crippen molar-refractivity contribution in [1.82, 2.24) is 9.97 Å². The Kier molecular flexibility index (Phi) is 3.53. The topological polar surface area (TPSA) is 29.0 Å². The van der Waals surface area contributed by atoms with Gasteiger partial charge in [-0.1, -0.05) is 23.7 Å². The van der Waals surface area contributed by atoms with Crippen LogP contribution in [0.5, 0.6) is 0 Å². The third kappa shape index (κ3) is 2.46. The van der Waals surface area contributed by atoms with Crippen LogP contribution in [0.25, 0.3) is 11.3 Å². The van der Waals surface area contributed by atoms with Gasteiger partial charge in [-0.25, -0.2) is 9.97 Å². The van der Waals surface area contributed by atoms with Crippen molar-refractivity contribution in [1.29, 1.82) is 0 Å². The van der Waals surface area contributed by atoms with Crippen LogP contribution in [0.2, 0.25) is 5.15 Å². The summed E-state index contributed by atoms with van der Waals surface area (Å²) in [5.41, 5.74) is 4.65. The summed E-state index contributed by atoms with van der Waals surface area (Å²) in [5, 5.41) is 0.454. The molecule has 0 unspecified atom stereocenters. The zero-order valence-corrected chi connectivity index (χ0v) is 11.8. The molecule has 0 spiro atoms. The van der Waals surface area contributed by atoms with Gasteiger partial charge in [0.15, 0.2) is 5.15 Å². The van der Waals surface area contributed by atoms with Crippen molar-refractivity contribution in [3.05, 3.63) is 40.8 Å². The van der Waals surface area contributed by atoms with Crippen molar-refractivity contribution < 1.29 is 0 Å². The van der Waals surface area contributed by atoms with E-state index in [4.69, 9.17) is 11.6 Å². The van der Waals surface area contributed by atoms with E-state index < -0.39 is 0 Å². The minimum absolute atomic E-state index is 0.454. The van der Waals surface area contributed by atoms with Gasteiger partial charge in [-0.2, -0.15) is 0 Å². The standard InChI is InChI=1S/C14H16ClN3/c1-9-10(2)17-14(15)13(16-9)11-5-7-12(8-6-11)18(3)4/h5-8H,1-4H3. The van der Waals surface area contributed by atoms with E-state index in [1.165, 1.54) is 0 Å². The van der Waals surface area contributed by atoms with Gasteiger partial charge in [-0.15, -0.1) is 0 Å². The molecule has 0 amide bonds. The molecule has 94 valence electrons. The Hall–Kier alpha value is -1.61. The number of anilines is 1. The molecule has 1 heterocycles. The number of hydrogen-bond donors (Lipinski definition) is 0. The molecule has 2 aromatic rings. The summed E-state index contributed by atoms with van der Waals surface area (Å²) in [7, 11) is 4.02. The quantitative estimate of drug-likeness (QED) is 0.829. The Balaban J connectivity index is 2.46. The van der Waals surface area contributed by atoms with E-state index >= 15 is 0 Å². The fourth-order valence-corrected chi connectivity index (χ4v) is 1.96. The molecule has 3 nitrogen and oxygen atoms in total. The Labute approximate surface area is 112 Å². The summed E-state index contributed by atoms with van der Waals surface area (Å²) in [4.78, 5) is 10.9. The third-order valence-electron chi connectivity index (χ3n) is 2.92. The lowest BCUT2D eigenvalue weighted by molar-refractivity contribution is 1.05. The number of hydrogen-bond acceptors (Lipinski definition) is 3. The highest BCUT2D eigenvalue weighted by atomic mass is 35.5. The highest BCUT2D eigenvalue weighted by molar-refractivity contribution is 6.31. The van der Waals surface area contributed by atoms with Gasteiger partial charge in [-0.05, 0) is 26.0 Å². The first-order valence-electron chi connectivity index (χ1n) is 5.77. The summed E-state index contributed by atoms with van der Waals surface area (Å²) in [6, 6.07) is 8.12. The summed E-state index contributed by atoms with van der Waals surface area (Å²) in [6.07, 6.45) is 0. The molecule has 0 fully saturated rings. The predicted molar refractivity (Wildman–Crippen MR) is 76.3 cm³/mol. The highest BCUT2D eigenvalue weighted by Gasteiger charge is 2.09. The fraction of sp³-hybridized carbons (Fsp3) is 0.286. The van der Waals surface area contributed by atoms with Gasteiger partial charge >= 0.3 is 0 Å². The minimum Gasteiger partial charge on any atom is -0.378 e. The zero-order valence-electron chi connectivity index (χ0n) is 11.0. The van der Waals surface area contributed by atoms with Gasteiger partial charge in [0.25, 0.3) is 0 Å². The molecule has 0 aliphatic heterocycles. The molecule has 1 aromatic heterocycles. The smallest absolute Gasteiger partial charge is 0.155 e. The molecular weight excluding hydrogens is 246 g/mol. The monoisotopic (exact) mass is 261 g/mol. The first kappa shape index (κ1) is 12.8. The largest absolute Gasteiger partial charge is 0.378 e. The number of rotatable bonds is 2. The van der Waals surface area contributed by atoms with Crippen LogP contribution in [-0.4, -0.2) is 24.1 Å². The van der Waals surface area contributed by atoms with Crippen LogP contribution >= 0.6 is 11.6 Å². The van der Waals surface area contributed by atoms with Gasteiger partial charge in [0.2, 0.25) is 0 Å². The average Bonchev–Trinajstić information content (AvgIpc) is 2.34. The van der Waals surface area contributed by atoms with Crippen molar-refractivity contribution in [3.63, 3.8) is 0 Å². The molecule has 0 N–H and O–H groups in total. The third-order valence-corrected chi connectivity index (χ3v) is 3.19. The summed E-state index contributed by atoms with van der Waals surface area (Å²) >= 11 is 6.15. The average molecular weight is 262 g/mol. The molecule has 18 heavy (non-hydrogen) atoms. The Bertz CT molecular complexity index is 562. The van der Waals surface area contributed by atoms with E-state index in [9.17, 15) is 0 Å². The molecule has 0 radical (unpaired) electrons. The van der Waals surface area contributed by atoms with E-state index in [0.29, 0.717) is 5.15 Å². The number of aromatic nitrogens is 2. The van der Waals surface area contributed by atoms with Crippen LogP contribution in [-0.2, 0) is 0 Å². The van der Waals surface area contributed by atoms with E-state index in [1.807, 2.05) is 52.2 Å². The van der Waals surface area contributed by atoms with Crippen molar-refractivity contribution in [2.24, 2.45) is 0 Å². The van der Waals surface area contributed by atoms with Crippen molar-refractivity contribution >= 4 is 17.3 Å². The molecule has 4 heteroatoms. The van der Waals surface area contributed by atoms with Crippen LogP contribution in [0, 0.1) is 13.8 Å². The predicted octanol–water partition coefficient (Wildman–Crippen LogP) is 3.48. The van der Waals surface area contributed by atoms with Crippen LogP contribution in [0.3, 0.4) is 0 Å². The second-order valence-corrected chi connectivity index (χ2v) is 4.83. The molecule has 1 aromatic carbocycles. The molecule has 0 aliphatic rings. The Morgan fingerprint density at radius 2 is 1.50 bits per heavy atom. The molecule has 2 rings (SSSR count). The van der Waals surface area contributed by atoms with Crippen LogP contribution in [0.4, 0.5) is 5.69 Å². The lowest BCUT2D eigenvalue weighted by Crippen LogP contribution is -2.08. The van der Waals surface area contributed by atoms with Gasteiger partial charge in [0.05, 0.1) is 11.4 Å². The van der Waals surface area contributed by atoms with Gasteiger partial charge < -0.3 is 4.90 Å². The molecular formula is C14H16ClN3. The summed E-state index contributed by atoms with van der Waals surface area (Å²) < 4.78 is 0. The van der Waals surface area contributed by atoms with Gasteiger partial charge in [-0.3, -0.25) is 0 Å². The molecule has 0 saturated carbocycles. The summed E-state index contributed by atoms with van der Waals surface area (Å²) in [5.74, 6) is 0. The second kappa shape index (κ2) is 4.94. The van der Waals surface area contributed by atoms with E-state index in [0.717, 1.165) is 28.3 Å². The highest BCUT2D eigenvalue weighted by Crippen LogP contribution is 2.26. The van der Waals surface area contributed by atoms with Crippen LogP contribution in [0.1, 0.15) is 11.4 Å². The number of aryl methyl sites for hydroxylation is 2. The van der Waals surface area contributed by atoms with Crippen molar-refractivity contribution in [2.45, 2.75) is 13.8 Å². The van der Waals surface area contributed by atoms with Crippen molar-refractivity contribution in [2.75, 3.05) is 19.0 Å². The number of benzene rings is 1. The van der Waals surface area contributed by atoms with E-state index in [2.05, 4.69) is 14.9 Å². The van der Waals surface area contributed by atoms with Crippen LogP contribution in [0.15, 0.2) is 24.3 Å². The van der Waals surface area contributed by atoms with E-state index in [-0.39, 0.29) is 0 Å². The maximum Gasteiger partial charge on any atom is 0.155 e. The first-order chi connectivity index (χ1) is 8.49. The first-order valence-corrected chi connectivity index (χ1v) is 6.15. The lowest BCUT2D eigenvalue weighted by Gasteiger charge is -2.13. The molecule has 0 atom stereocenters. The lowest BCUT2D eigenvalue weighted by atomic mass is 10.1. The van der Waals surface area contributed by atoms with E-state index in [1.54, 1.807) is 0 Å². The number of nitrogens with zero attached hydrogens (tertiary/aromatic N) is 3. The number of halogens is 1. The zero-order chi connectivity index (χ0) is 13.3. The minimum atomic E-state index is 0.454. The summed E-state index contributed by atoms with van der Waals surface area (Å²) in [6.45, 7) is 3.85. The molecule has 0 aliphatic carbocycles. The maximum atomic E-state index is 6.15. The van der Waals surface area contributed by atoms with Crippen LogP contribution < -0.4 is 4.90 Å². The Morgan fingerprint density at radius 3 is 2.06 bits per heavy atom. The Morgan fingerprint density at radius 1 is 0.944 bits per heavy atom. The van der Waals surface area contributed by atoms with Gasteiger partial charge in [0.1, 0.15) is 5.69 Å². The molecule has 0 bridgehead atoms. The fourth-order valence-electron chi connectivity index (χ4n) is 1.68. The SMILES string of the molecule is Cc1nc(Cl)c(-c2ccc(N(C)C)cc2)nc1C. The second-order valence-electron chi connectivity index (χ2n) is 4.48. The van der Waals surface area contributed by atoms with Crippen molar-refractivity contribution in [3.8, 4) is 11.3 Å². The maximum absolute atomic E-state index is 6.15.